The second-order valence-corrected chi connectivity index (χ2v) is 6.83. The number of rotatable bonds is 6. The zero-order chi connectivity index (χ0) is 16.2. The van der Waals surface area contributed by atoms with Crippen molar-refractivity contribution in [2.75, 3.05) is 46.3 Å². The molecule has 2 atom stereocenters. The molecule has 1 aromatic rings. The van der Waals surface area contributed by atoms with Crippen molar-refractivity contribution in [1.29, 1.82) is 0 Å². The van der Waals surface area contributed by atoms with Crippen LogP contribution in [0.15, 0.2) is 22.6 Å². The van der Waals surface area contributed by atoms with E-state index in [2.05, 4.69) is 29.1 Å². The first-order valence-corrected chi connectivity index (χ1v) is 8.58. The first-order valence-electron chi connectivity index (χ1n) is 8.58. The van der Waals surface area contributed by atoms with E-state index in [1.807, 2.05) is 12.1 Å². The molecule has 0 aromatic carbocycles. The summed E-state index contributed by atoms with van der Waals surface area (Å²) < 4.78 is 5.76. The van der Waals surface area contributed by atoms with Crippen LogP contribution in [0.2, 0.25) is 0 Å². The standard InChI is InChI=1S/C18H27N3O2/c1-14-13-16(14)17-5-3-15(23-17)4-6-18(22)19-7-8-21-11-9-20(2)10-12-21/h3-6,14,16H,7-13H2,1-2H3,(H,19,22)/b6-4+. The van der Waals surface area contributed by atoms with Crippen molar-refractivity contribution < 1.29 is 9.21 Å². The molecule has 1 aliphatic heterocycles. The lowest BCUT2D eigenvalue weighted by Gasteiger charge is -2.32. The Morgan fingerprint density at radius 1 is 1.35 bits per heavy atom. The van der Waals surface area contributed by atoms with Crippen molar-refractivity contribution in [3.63, 3.8) is 0 Å². The van der Waals surface area contributed by atoms with E-state index in [1.54, 1.807) is 12.2 Å². The third-order valence-electron chi connectivity index (χ3n) is 4.84. The summed E-state index contributed by atoms with van der Waals surface area (Å²) in [5.41, 5.74) is 0. The molecule has 23 heavy (non-hydrogen) atoms. The second-order valence-electron chi connectivity index (χ2n) is 6.83. The number of nitrogens with one attached hydrogen (secondary N) is 1. The number of piperazine rings is 1. The Kier molecular flexibility index (Phi) is 5.18. The number of carbonyl (C=O) groups excluding carboxylic acids is 1. The van der Waals surface area contributed by atoms with Crippen LogP contribution in [-0.4, -0.2) is 62.0 Å². The molecule has 2 unspecified atom stereocenters. The fraction of sp³-hybridized carbons (Fsp3) is 0.611. The van der Waals surface area contributed by atoms with Gasteiger partial charge in [0.05, 0.1) is 0 Å². The predicted molar refractivity (Wildman–Crippen MR) is 91.2 cm³/mol. The average Bonchev–Trinajstić information content (AvgIpc) is 3.09. The highest BCUT2D eigenvalue weighted by atomic mass is 16.3. The van der Waals surface area contributed by atoms with Crippen LogP contribution >= 0.6 is 0 Å². The zero-order valence-electron chi connectivity index (χ0n) is 14.1. The van der Waals surface area contributed by atoms with Crippen LogP contribution < -0.4 is 5.32 Å². The number of nitrogens with zero attached hydrogens (tertiary/aromatic N) is 2. The Morgan fingerprint density at radius 3 is 2.78 bits per heavy atom. The smallest absolute Gasteiger partial charge is 0.244 e. The van der Waals surface area contributed by atoms with E-state index in [4.69, 9.17) is 4.42 Å². The average molecular weight is 317 g/mol. The molecule has 0 spiro atoms. The zero-order valence-corrected chi connectivity index (χ0v) is 14.1. The molecule has 1 saturated heterocycles. The van der Waals surface area contributed by atoms with Gasteiger partial charge < -0.3 is 14.6 Å². The molecule has 0 radical (unpaired) electrons. The predicted octanol–water partition coefficient (Wildman–Crippen LogP) is 1.78. The lowest BCUT2D eigenvalue weighted by molar-refractivity contribution is -0.116. The van der Waals surface area contributed by atoms with Crippen molar-refractivity contribution >= 4 is 12.0 Å². The number of amides is 1. The summed E-state index contributed by atoms with van der Waals surface area (Å²) in [6.07, 6.45) is 4.52. The van der Waals surface area contributed by atoms with Crippen LogP contribution in [-0.2, 0) is 4.79 Å². The molecule has 1 N–H and O–H groups in total. The fourth-order valence-corrected chi connectivity index (χ4v) is 3.00. The molecule has 5 heteroatoms. The van der Waals surface area contributed by atoms with E-state index >= 15 is 0 Å². The first kappa shape index (κ1) is 16.3. The first-order chi connectivity index (χ1) is 11.1. The Bertz CT molecular complexity index is 558. The molecule has 1 saturated carbocycles. The number of carbonyl (C=O) groups is 1. The molecule has 0 bridgehead atoms. The summed E-state index contributed by atoms with van der Waals surface area (Å²) >= 11 is 0. The highest BCUT2D eigenvalue weighted by Gasteiger charge is 2.36. The van der Waals surface area contributed by atoms with Gasteiger partial charge in [0.15, 0.2) is 0 Å². The largest absolute Gasteiger partial charge is 0.461 e. The van der Waals surface area contributed by atoms with Gasteiger partial charge in [-0.05, 0) is 37.6 Å². The molecule has 2 fully saturated rings. The van der Waals surface area contributed by atoms with E-state index < -0.39 is 0 Å². The molecule has 1 aromatic heterocycles. The molecule has 2 aliphatic rings. The number of furan rings is 1. The van der Waals surface area contributed by atoms with Gasteiger partial charge in [-0.1, -0.05) is 6.92 Å². The summed E-state index contributed by atoms with van der Waals surface area (Å²) in [7, 11) is 2.15. The topological polar surface area (TPSA) is 48.7 Å². The third kappa shape index (κ3) is 4.69. The Labute approximate surface area is 138 Å². The van der Waals surface area contributed by atoms with Crippen LogP contribution in [0, 0.1) is 5.92 Å². The minimum atomic E-state index is -0.0585. The van der Waals surface area contributed by atoms with E-state index in [-0.39, 0.29) is 5.91 Å². The number of likely N-dealkylation sites (N-methyl/N-ethyl adjacent to an activating group) is 1. The van der Waals surface area contributed by atoms with Gasteiger partial charge in [-0.15, -0.1) is 0 Å². The van der Waals surface area contributed by atoms with Gasteiger partial charge in [0.2, 0.25) is 5.91 Å². The maximum absolute atomic E-state index is 11.8. The van der Waals surface area contributed by atoms with Crippen LogP contribution in [0.5, 0.6) is 0 Å². The second kappa shape index (κ2) is 7.32. The Morgan fingerprint density at radius 2 is 2.09 bits per heavy atom. The minimum absolute atomic E-state index is 0.0585. The molecule has 1 aliphatic carbocycles. The Hall–Kier alpha value is -1.59. The third-order valence-corrected chi connectivity index (χ3v) is 4.84. The van der Waals surface area contributed by atoms with E-state index in [9.17, 15) is 4.79 Å². The summed E-state index contributed by atoms with van der Waals surface area (Å²) in [4.78, 5) is 16.6. The Balaban J connectivity index is 1.36. The molecule has 5 nitrogen and oxygen atoms in total. The minimum Gasteiger partial charge on any atom is -0.461 e. The van der Waals surface area contributed by atoms with Gasteiger partial charge in [-0.2, -0.15) is 0 Å². The highest BCUT2D eigenvalue weighted by Crippen LogP contribution is 2.47. The van der Waals surface area contributed by atoms with Gasteiger partial charge >= 0.3 is 0 Å². The normalized spacial score (nSPS) is 25.8. The number of hydrogen-bond donors (Lipinski definition) is 1. The van der Waals surface area contributed by atoms with Crippen LogP contribution in [0.4, 0.5) is 0 Å². The van der Waals surface area contributed by atoms with Crippen LogP contribution in [0.1, 0.15) is 30.8 Å². The number of hydrogen-bond acceptors (Lipinski definition) is 4. The van der Waals surface area contributed by atoms with Crippen molar-refractivity contribution in [2.45, 2.75) is 19.3 Å². The summed E-state index contributed by atoms with van der Waals surface area (Å²) in [6, 6.07) is 3.97. The summed E-state index contributed by atoms with van der Waals surface area (Å²) in [6.45, 7) is 8.21. The lowest BCUT2D eigenvalue weighted by atomic mass is 10.3. The highest BCUT2D eigenvalue weighted by molar-refractivity contribution is 5.91. The van der Waals surface area contributed by atoms with Gasteiger partial charge in [0, 0.05) is 51.3 Å². The van der Waals surface area contributed by atoms with Gasteiger partial charge in [0.1, 0.15) is 11.5 Å². The van der Waals surface area contributed by atoms with Crippen molar-refractivity contribution in [1.82, 2.24) is 15.1 Å². The molecule has 2 heterocycles. The van der Waals surface area contributed by atoms with Crippen LogP contribution in [0.25, 0.3) is 6.08 Å². The molecule has 126 valence electrons. The maximum atomic E-state index is 11.8. The molecular formula is C18H27N3O2. The fourth-order valence-electron chi connectivity index (χ4n) is 3.00. The van der Waals surface area contributed by atoms with Gasteiger partial charge in [-0.25, -0.2) is 0 Å². The van der Waals surface area contributed by atoms with Crippen molar-refractivity contribution in [2.24, 2.45) is 5.92 Å². The van der Waals surface area contributed by atoms with Gasteiger partial charge in [-0.3, -0.25) is 9.69 Å². The van der Waals surface area contributed by atoms with Gasteiger partial charge in [0.25, 0.3) is 0 Å². The molecular weight excluding hydrogens is 290 g/mol. The quantitative estimate of drug-likeness (QED) is 0.813. The summed E-state index contributed by atoms with van der Waals surface area (Å²) in [5.74, 6) is 3.06. The monoisotopic (exact) mass is 317 g/mol. The van der Waals surface area contributed by atoms with Crippen molar-refractivity contribution in [3.8, 4) is 0 Å². The van der Waals surface area contributed by atoms with Crippen LogP contribution in [0.3, 0.4) is 0 Å². The van der Waals surface area contributed by atoms with Crippen molar-refractivity contribution in [3.05, 3.63) is 29.7 Å². The SMILES string of the molecule is CC1CC1c1ccc(/C=C/C(=O)NCCN2CCN(C)CC2)o1. The summed E-state index contributed by atoms with van der Waals surface area (Å²) in [5, 5.41) is 2.94. The van der Waals surface area contributed by atoms with E-state index in [0.29, 0.717) is 12.5 Å². The van der Waals surface area contributed by atoms with E-state index in [1.165, 1.54) is 6.42 Å². The molecule has 3 rings (SSSR count). The molecule has 1 amide bonds. The van der Waals surface area contributed by atoms with E-state index in [0.717, 1.165) is 50.2 Å². The lowest BCUT2D eigenvalue weighted by Crippen LogP contribution is -2.46. The maximum Gasteiger partial charge on any atom is 0.244 e.